The molecule has 1 aromatic heterocycles. The van der Waals surface area contributed by atoms with Crippen molar-refractivity contribution in [2.75, 3.05) is 4.72 Å². The van der Waals surface area contributed by atoms with Crippen molar-refractivity contribution in [1.82, 2.24) is 0 Å². The molecule has 0 bridgehead atoms. The fraction of sp³-hybridized carbons (Fsp3) is 0.167. The highest BCUT2D eigenvalue weighted by Crippen LogP contribution is 2.33. The molecule has 0 aliphatic heterocycles. The first-order valence-electron chi connectivity index (χ1n) is 5.51. The lowest BCUT2D eigenvalue weighted by Crippen LogP contribution is -2.13. The van der Waals surface area contributed by atoms with Crippen LogP contribution in [0.2, 0.25) is 0 Å². The Labute approximate surface area is 128 Å². The molecular weight excluding hydrogens is 369 g/mol. The molecule has 20 heavy (non-hydrogen) atoms. The summed E-state index contributed by atoms with van der Waals surface area (Å²) in [6.45, 7) is 1.39. The van der Waals surface area contributed by atoms with Crippen molar-refractivity contribution < 1.29 is 17.9 Å². The monoisotopic (exact) mass is 379 g/mol. The first-order chi connectivity index (χ1) is 9.33. The topological polar surface area (TPSA) is 66.4 Å². The van der Waals surface area contributed by atoms with E-state index in [9.17, 15) is 12.8 Å². The normalized spacial score (nSPS) is 11.6. The Morgan fingerprint density at radius 3 is 2.65 bits per heavy atom. The summed E-state index contributed by atoms with van der Waals surface area (Å²) in [7, 11) is -3.79. The van der Waals surface area contributed by atoms with Crippen molar-refractivity contribution >= 4 is 43.0 Å². The SMILES string of the molecule is Cc1cc(F)ccc1NS(=O)(=O)c1cc(CO)sc1Br. The van der Waals surface area contributed by atoms with E-state index in [1.54, 1.807) is 6.92 Å². The van der Waals surface area contributed by atoms with E-state index in [4.69, 9.17) is 5.11 Å². The van der Waals surface area contributed by atoms with Crippen molar-refractivity contribution in [3.63, 3.8) is 0 Å². The maximum atomic E-state index is 13.0. The number of aliphatic hydroxyl groups is 1. The summed E-state index contributed by atoms with van der Waals surface area (Å²) in [6.07, 6.45) is 0. The van der Waals surface area contributed by atoms with E-state index in [0.717, 1.165) is 11.3 Å². The van der Waals surface area contributed by atoms with E-state index in [2.05, 4.69) is 20.7 Å². The lowest BCUT2D eigenvalue weighted by molar-refractivity contribution is 0.285. The molecule has 1 heterocycles. The van der Waals surface area contributed by atoms with Gasteiger partial charge in [0.15, 0.2) is 0 Å². The van der Waals surface area contributed by atoms with Gasteiger partial charge in [-0.3, -0.25) is 4.72 Å². The minimum Gasteiger partial charge on any atom is -0.391 e. The Kier molecular flexibility index (Phi) is 4.48. The number of thiophene rings is 1. The summed E-state index contributed by atoms with van der Waals surface area (Å²) in [5.41, 5.74) is 0.803. The highest BCUT2D eigenvalue weighted by Gasteiger charge is 2.21. The molecule has 0 saturated heterocycles. The first kappa shape index (κ1) is 15.4. The minimum atomic E-state index is -3.79. The number of aryl methyl sites for hydroxylation is 1. The molecule has 0 radical (unpaired) electrons. The zero-order chi connectivity index (χ0) is 14.9. The molecule has 2 rings (SSSR count). The molecule has 0 atom stereocenters. The summed E-state index contributed by atoms with van der Waals surface area (Å²) < 4.78 is 40.4. The van der Waals surface area contributed by atoms with Gasteiger partial charge in [-0.15, -0.1) is 11.3 Å². The van der Waals surface area contributed by atoms with Gasteiger partial charge in [-0.1, -0.05) is 0 Å². The maximum Gasteiger partial charge on any atom is 0.263 e. The third-order valence-electron chi connectivity index (χ3n) is 2.58. The van der Waals surface area contributed by atoms with Gasteiger partial charge >= 0.3 is 0 Å². The van der Waals surface area contributed by atoms with Gasteiger partial charge in [0.05, 0.1) is 16.1 Å². The second kappa shape index (κ2) is 5.80. The number of aliphatic hydroxyl groups excluding tert-OH is 1. The largest absolute Gasteiger partial charge is 0.391 e. The number of nitrogens with one attached hydrogen (secondary N) is 1. The fourth-order valence-electron chi connectivity index (χ4n) is 1.60. The van der Waals surface area contributed by atoms with Crippen LogP contribution in [-0.4, -0.2) is 13.5 Å². The molecule has 0 fully saturated rings. The van der Waals surface area contributed by atoms with Gasteiger partial charge in [-0.2, -0.15) is 0 Å². The van der Waals surface area contributed by atoms with E-state index >= 15 is 0 Å². The van der Waals surface area contributed by atoms with Crippen LogP contribution in [0.1, 0.15) is 10.4 Å². The molecule has 0 unspecified atom stereocenters. The number of halogens is 2. The van der Waals surface area contributed by atoms with Gasteiger partial charge in [-0.05, 0) is 52.7 Å². The van der Waals surface area contributed by atoms with Crippen molar-refractivity contribution in [2.45, 2.75) is 18.4 Å². The van der Waals surface area contributed by atoms with E-state index in [1.807, 2.05) is 0 Å². The first-order valence-corrected chi connectivity index (χ1v) is 8.61. The van der Waals surface area contributed by atoms with Crippen LogP contribution < -0.4 is 4.72 Å². The van der Waals surface area contributed by atoms with Crippen LogP contribution in [0.15, 0.2) is 32.9 Å². The summed E-state index contributed by atoms with van der Waals surface area (Å²) in [5, 5.41) is 9.04. The zero-order valence-electron chi connectivity index (χ0n) is 10.4. The molecule has 0 spiro atoms. The Bertz CT molecular complexity index is 743. The Morgan fingerprint density at radius 2 is 2.10 bits per heavy atom. The number of rotatable bonds is 4. The number of anilines is 1. The summed E-state index contributed by atoms with van der Waals surface area (Å²) >= 11 is 4.31. The molecule has 0 amide bonds. The lowest BCUT2D eigenvalue weighted by atomic mass is 10.2. The number of sulfonamides is 1. The molecule has 0 saturated carbocycles. The summed E-state index contributed by atoms with van der Waals surface area (Å²) in [5.74, 6) is -0.426. The van der Waals surface area contributed by atoms with Gasteiger partial charge in [0.2, 0.25) is 0 Å². The fourth-order valence-corrected chi connectivity index (χ4v) is 5.27. The van der Waals surface area contributed by atoms with Crippen LogP contribution in [0.3, 0.4) is 0 Å². The predicted molar refractivity (Wildman–Crippen MR) is 79.9 cm³/mol. The van der Waals surface area contributed by atoms with Gasteiger partial charge in [-0.25, -0.2) is 12.8 Å². The van der Waals surface area contributed by atoms with Crippen LogP contribution >= 0.6 is 27.3 Å². The smallest absolute Gasteiger partial charge is 0.263 e. The number of hydrogen-bond acceptors (Lipinski definition) is 4. The molecular formula is C12H11BrFNO3S2. The number of hydrogen-bond donors (Lipinski definition) is 2. The minimum absolute atomic E-state index is 0.0512. The standard InChI is InChI=1S/C12H11BrFNO3S2/c1-7-4-8(14)2-3-10(7)15-20(17,18)11-5-9(6-16)19-12(11)13/h2-5,15-16H,6H2,1H3. The van der Waals surface area contributed by atoms with Gasteiger partial charge in [0.1, 0.15) is 10.7 Å². The second-order valence-corrected chi connectivity index (χ2v) is 8.18. The molecule has 2 aromatic rings. The summed E-state index contributed by atoms with van der Waals surface area (Å²) in [4.78, 5) is 0.586. The Balaban J connectivity index is 2.38. The quantitative estimate of drug-likeness (QED) is 0.856. The zero-order valence-corrected chi connectivity index (χ0v) is 13.6. The average molecular weight is 380 g/mol. The molecule has 1 aromatic carbocycles. The van der Waals surface area contributed by atoms with Crippen LogP contribution in [-0.2, 0) is 16.6 Å². The van der Waals surface area contributed by atoms with E-state index in [-0.39, 0.29) is 11.5 Å². The maximum absolute atomic E-state index is 13.0. The predicted octanol–water partition coefficient (Wildman–Crippen LogP) is 3.25. The van der Waals surface area contributed by atoms with Crippen LogP contribution in [0.25, 0.3) is 0 Å². The molecule has 8 heteroatoms. The molecule has 108 valence electrons. The van der Waals surface area contributed by atoms with Crippen molar-refractivity contribution in [1.29, 1.82) is 0 Å². The van der Waals surface area contributed by atoms with Crippen LogP contribution in [0, 0.1) is 12.7 Å². The Hall–Kier alpha value is -0.960. The second-order valence-electron chi connectivity index (χ2n) is 4.07. The molecule has 2 N–H and O–H groups in total. The van der Waals surface area contributed by atoms with Gasteiger partial charge in [0, 0.05) is 4.88 Å². The van der Waals surface area contributed by atoms with Crippen molar-refractivity contribution in [3.05, 3.63) is 44.3 Å². The molecule has 4 nitrogen and oxygen atoms in total. The third-order valence-corrected chi connectivity index (χ3v) is 6.19. The number of benzene rings is 1. The van der Waals surface area contributed by atoms with E-state index in [0.29, 0.717) is 19.9 Å². The molecule has 0 aliphatic carbocycles. The highest BCUT2D eigenvalue weighted by molar-refractivity contribution is 9.11. The third kappa shape index (κ3) is 3.20. The Morgan fingerprint density at radius 1 is 1.40 bits per heavy atom. The lowest BCUT2D eigenvalue weighted by Gasteiger charge is -2.09. The van der Waals surface area contributed by atoms with Gasteiger partial charge < -0.3 is 5.11 Å². The molecule has 0 aliphatic rings. The highest BCUT2D eigenvalue weighted by atomic mass is 79.9. The van der Waals surface area contributed by atoms with Crippen molar-refractivity contribution in [2.24, 2.45) is 0 Å². The van der Waals surface area contributed by atoms with Crippen molar-refractivity contribution in [3.8, 4) is 0 Å². The van der Waals surface area contributed by atoms with Crippen LogP contribution in [0.4, 0.5) is 10.1 Å². The average Bonchev–Trinajstić information content (AvgIpc) is 2.75. The van der Waals surface area contributed by atoms with Gasteiger partial charge in [0.25, 0.3) is 10.0 Å². The van der Waals surface area contributed by atoms with E-state index in [1.165, 1.54) is 24.3 Å². The van der Waals surface area contributed by atoms with E-state index < -0.39 is 15.8 Å². The van der Waals surface area contributed by atoms with Crippen LogP contribution in [0.5, 0.6) is 0 Å². The summed E-state index contributed by atoms with van der Waals surface area (Å²) in [6, 6.07) is 5.21.